The van der Waals surface area contributed by atoms with Gasteiger partial charge in [-0.3, -0.25) is 9.69 Å². The molecule has 5 rings (SSSR count). The highest BCUT2D eigenvalue weighted by Gasteiger charge is 2.78. The van der Waals surface area contributed by atoms with Crippen LogP contribution in [0.1, 0.15) is 25.3 Å². The number of nitriles is 1. The summed E-state index contributed by atoms with van der Waals surface area (Å²) in [5.41, 5.74) is -1.63. The third kappa shape index (κ3) is 1.69. The van der Waals surface area contributed by atoms with E-state index < -0.39 is 35.3 Å². The lowest BCUT2D eigenvalue weighted by molar-refractivity contribution is -0.163. The van der Waals surface area contributed by atoms with Crippen LogP contribution in [0.15, 0.2) is 12.1 Å². The van der Waals surface area contributed by atoms with Crippen molar-refractivity contribution in [1.82, 2.24) is 0 Å². The maximum Gasteiger partial charge on any atom is 0.235 e. The maximum atomic E-state index is 14.8. The number of halogens is 2. The highest BCUT2D eigenvalue weighted by atomic mass is 35.5. The first kappa shape index (κ1) is 16.5. The molecule has 0 aliphatic carbocycles. The van der Waals surface area contributed by atoms with Gasteiger partial charge >= 0.3 is 0 Å². The zero-order valence-corrected chi connectivity index (χ0v) is 14.7. The van der Waals surface area contributed by atoms with Crippen molar-refractivity contribution in [3.63, 3.8) is 0 Å². The van der Waals surface area contributed by atoms with E-state index in [1.54, 1.807) is 0 Å². The Morgan fingerprint density at radius 1 is 1.50 bits per heavy atom. The number of ether oxygens (including phenoxy) is 2. The smallest absolute Gasteiger partial charge is 0.235 e. The molecule has 0 radical (unpaired) electrons. The molecule has 1 N–H and O–H groups in total. The number of carbonyl (C=O) groups excluding carboxylic acids is 1. The van der Waals surface area contributed by atoms with Crippen molar-refractivity contribution in [2.45, 2.75) is 43.3 Å². The van der Waals surface area contributed by atoms with Crippen LogP contribution in [0.4, 0.5) is 10.1 Å². The van der Waals surface area contributed by atoms with Crippen LogP contribution in [-0.2, 0) is 14.3 Å². The molecule has 4 saturated heterocycles. The van der Waals surface area contributed by atoms with Crippen LogP contribution >= 0.6 is 11.6 Å². The Morgan fingerprint density at radius 3 is 3.00 bits per heavy atom. The Hall–Kier alpha value is -1.72. The van der Waals surface area contributed by atoms with Gasteiger partial charge in [0.1, 0.15) is 17.9 Å². The van der Waals surface area contributed by atoms with E-state index in [-0.39, 0.29) is 28.1 Å². The number of anilines is 1. The van der Waals surface area contributed by atoms with E-state index in [1.807, 2.05) is 13.0 Å². The summed E-state index contributed by atoms with van der Waals surface area (Å²) in [5, 5.41) is 19.3. The van der Waals surface area contributed by atoms with Crippen LogP contribution in [0.5, 0.6) is 0 Å². The zero-order valence-electron chi connectivity index (χ0n) is 13.9. The van der Waals surface area contributed by atoms with Crippen molar-refractivity contribution >= 4 is 23.2 Å². The van der Waals surface area contributed by atoms with Crippen LogP contribution in [-0.4, -0.2) is 41.2 Å². The summed E-state index contributed by atoms with van der Waals surface area (Å²) in [6.45, 7) is 2.13. The van der Waals surface area contributed by atoms with Gasteiger partial charge < -0.3 is 14.6 Å². The number of aliphatic hydroxyl groups excluding tert-OH is 1. The summed E-state index contributed by atoms with van der Waals surface area (Å²) in [5.74, 6) is -1.99. The molecule has 1 spiro atoms. The Kier molecular flexibility index (Phi) is 3.14. The molecule has 4 fully saturated rings. The minimum atomic E-state index is -0.834. The quantitative estimate of drug-likeness (QED) is 0.807. The van der Waals surface area contributed by atoms with Crippen LogP contribution in [0.3, 0.4) is 0 Å². The summed E-state index contributed by atoms with van der Waals surface area (Å²) in [6.07, 6.45) is -0.533. The number of rotatable bonds is 1. The second kappa shape index (κ2) is 4.96. The van der Waals surface area contributed by atoms with E-state index in [0.717, 1.165) is 0 Å². The van der Waals surface area contributed by atoms with Crippen LogP contribution in [0.25, 0.3) is 0 Å². The number of nitrogens with zero attached hydrogens (tertiary/aromatic N) is 2. The number of hydrogen-bond donors (Lipinski definition) is 1. The molecule has 6 nitrogen and oxygen atoms in total. The molecular weight excluding hydrogens is 363 g/mol. The topological polar surface area (TPSA) is 82.8 Å². The van der Waals surface area contributed by atoms with Gasteiger partial charge in [-0.15, -0.1) is 0 Å². The normalized spacial score (nSPS) is 42.9. The van der Waals surface area contributed by atoms with Gasteiger partial charge in [-0.25, -0.2) is 4.39 Å². The minimum Gasteiger partial charge on any atom is -0.390 e. The first-order chi connectivity index (χ1) is 12.3. The van der Waals surface area contributed by atoms with Gasteiger partial charge in [0.05, 0.1) is 46.4 Å². The molecule has 1 aromatic rings. The van der Waals surface area contributed by atoms with Crippen molar-refractivity contribution in [2.24, 2.45) is 11.8 Å². The third-order valence-electron chi connectivity index (χ3n) is 6.46. The molecule has 0 aromatic heterocycles. The van der Waals surface area contributed by atoms with Crippen LogP contribution in [0.2, 0.25) is 5.02 Å². The predicted octanol–water partition coefficient (Wildman–Crippen LogP) is 1.97. The molecular formula is C18H16ClFN2O4. The second-order valence-corrected chi connectivity index (χ2v) is 8.06. The van der Waals surface area contributed by atoms with Gasteiger partial charge in [0.25, 0.3) is 0 Å². The molecule has 8 heteroatoms. The van der Waals surface area contributed by atoms with Gasteiger partial charge in [-0.2, -0.15) is 5.26 Å². The lowest BCUT2D eigenvalue weighted by Crippen LogP contribution is -2.57. The number of aliphatic hydroxyl groups is 1. The molecule has 0 saturated carbocycles. The van der Waals surface area contributed by atoms with Crippen LogP contribution < -0.4 is 4.90 Å². The molecule has 1 aromatic carbocycles. The molecule has 4 heterocycles. The van der Waals surface area contributed by atoms with E-state index in [9.17, 15) is 14.3 Å². The van der Waals surface area contributed by atoms with E-state index >= 15 is 0 Å². The van der Waals surface area contributed by atoms with E-state index in [4.69, 9.17) is 26.3 Å². The lowest BCUT2D eigenvalue weighted by Gasteiger charge is -2.43. The van der Waals surface area contributed by atoms with Crippen molar-refractivity contribution in [2.75, 3.05) is 11.5 Å². The summed E-state index contributed by atoms with van der Waals surface area (Å²) >= 11 is 5.96. The maximum absolute atomic E-state index is 14.8. The van der Waals surface area contributed by atoms with Gasteiger partial charge in [-0.05, 0) is 19.1 Å². The second-order valence-electron chi connectivity index (χ2n) is 7.68. The van der Waals surface area contributed by atoms with Crippen molar-refractivity contribution in [1.29, 1.82) is 5.26 Å². The predicted molar refractivity (Wildman–Crippen MR) is 87.8 cm³/mol. The lowest BCUT2D eigenvalue weighted by atomic mass is 9.65. The number of carbonyl (C=O) groups is 1. The number of fused-ring (bicyclic) bond motifs is 2. The Bertz CT molecular complexity index is 889. The Labute approximate surface area is 154 Å². The molecule has 136 valence electrons. The molecule has 4 aliphatic rings. The van der Waals surface area contributed by atoms with E-state index in [1.165, 1.54) is 17.0 Å². The average Bonchev–Trinajstić information content (AvgIpc) is 3.15. The zero-order chi connectivity index (χ0) is 18.4. The van der Waals surface area contributed by atoms with Gasteiger partial charge in [0.15, 0.2) is 5.82 Å². The van der Waals surface area contributed by atoms with Gasteiger partial charge in [0.2, 0.25) is 5.91 Å². The molecule has 0 unspecified atom stereocenters. The number of hydrogen-bond acceptors (Lipinski definition) is 5. The Morgan fingerprint density at radius 2 is 2.27 bits per heavy atom. The summed E-state index contributed by atoms with van der Waals surface area (Å²) in [4.78, 5) is 14.6. The molecule has 26 heavy (non-hydrogen) atoms. The largest absolute Gasteiger partial charge is 0.390 e. The van der Waals surface area contributed by atoms with Gasteiger partial charge in [0, 0.05) is 12.8 Å². The fourth-order valence-corrected chi connectivity index (χ4v) is 5.67. The van der Waals surface area contributed by atoms with E-state index in [0.29, 0.717) is 19.4 Å². The summed E-state index contributed by atoms with van der Waals surface area (Å²) in [7, 11) is 0. The molecule has 4 aliphatic heterocycles. The first-order valence-electron chi connectivity index (χ1n) is 8.55. The standard InChI is InChI=1S/C18H16ClFN2O4/c1-17-6-10(23)18(26-17)4-5-25-16-12(18)11(17)15(24)22(16)9-3-2-8(7-21)13(19)14(9)20/h2-3,10-12,16,23H,4-6H2,1H3/t10-,11+,12-,16-,17+,18-/m0/s1. The summed E-state index contributed by atoms with van der Waals surface area (Å²) < 4.78 is 26.9. The van der Waals surface area contributed by atoms with Gasteiger partial charge in [-0.1, -0.05) is 11.6 Å². The van der Waals surface area contributed by atoms with Crippen molar-refractivity contribution in [3.05, 3.63) is 28.5 Å². The fourth-order valence-electron chi connectivity index (χ4n) is 5.47. The molecule has 6 atom stereocenters. The van der Waals surface area contributed by atoms with Crippen molar-refractivity contribution in [3.8, 4) is 6.07 Å². The highest BCUT2D eigenvalue weighted by molar-refractivity contribution is 6.32. The first-order valence-corrected chi connectivity index (χ1v) is 8.93. The average molecular weight is 379 g/mol. The monoisotopic (exact) mass is 378 g/mol. The number of amides is 1. The highest BCUT2D eigenvalue weighted by Crippen LogP contribution is 2.65. The summed E-state index contributed by atoms with van der Waals surface area (Å²) in [6, 6.07) is 4.59. The van der Waals surface area contributed by atoms with Crippen molar-refractivity contribution < 1.29 is 23.8 Å². The van der Waals surface area contributed by atoms with Crippen LogP contribution in [0, 0.1) is 29.0 Å². The van der Waals surface area contributed by atoms with E-state index in [2.05, 4.69) is 0 Å². The Balaban J connectivity index is 1.65. The molecule has 2 bridgehead atoms. The third-order valence-corrected chi connectivity index (χ3v) is 6.83. The number of benzene rings is 1. The minimum absolute atomic E-state index is 0.00609. The molecule has 1 amide bonds. The SMILES string of the molecule is C[C@@]12C[C@H](O)[C@]3(CCO[C@H]4[C@@H]3[C@@H]1C(=O)N4c1ccc(C#N)c(Cl)c1F)O2. The fraction of sp³-hybridized carbons (Fsp3) is 0.556.